The van der Waals surface area contributed by atoms with Crippen LogP contribution in [0.5, 0.6) is 0 Å². The van der Waals surface area contributed by atoms with Crippen LogP contribution in [0.1, 0.15) is 43.7 Å². The number of nitrogens with zero attached hydrogens (tertiary/aromatic N) is 2. The van der Waals surface area contributed by atoms with Crippen molar-refractivity contribution in [3.63, 3.8) is 0 Å². The molecule has 3 N–H and O–H groups in total. The topological polar surface area (TPSA) is 71.1 Å². The van der Waals surface area contributed by atoms with Gasteiger partial charge in [-0.2, -0.15) is 0 Å². The fraction of sp³-hybridized carbons (Fsp3) is 0.619. The number of primary amides is 1. The number of piperidine rings is 1. The molecule has 2 fully saturated rings. The molecule has 0 unspecified atom stereocenters. The highest BCUT2D eigenvalue weighted by Crippen LogP contribution is 2.19. The molecule has 0 bridgehead atoms. The van der Waals surface area contributed by atoms with Crippen molar-refractivity contribution in [3.05, 3.63) is 35.4 Å². The average molecular weight is 374 g/mol. The van der Waals surface area contributed by atoms with Crippen LogP contribution in [0, 0.1) is 5.92 Å². The van der Waals surface area contributed by atoms with Gasteiger partial charge in [0.05, 0.1) is 32.1 Å². The number of nitrogens with two attached hydrogens (primary N) is 1. The zero-order chi connectivity index (χ0) is 19.4. The highest BCUT2D eigenvalue weighted by molar-refractivity contribution is 5.80. The third-order valence-corrected chi connectivity index (χ3v) is 5.97. The van der Waals surface area contributed by atoms with E-state index >= 15 is 0 Å². The molecule has 3 amide bonds. The largest absolute Gasteiger partial charge is 0.351 e. The van der Waals surface area contributed by atoms with Gasteiger partial charge in [-0.1, -0.05) is 38.1 Å². The second-order valence-electron chi connectivity index (χ2n) is 8.27. The summed E-state index contributed by atoms with van der Waals surface area (Å²) in [4.78, 5) is 29.3. The number of benzene rings is 1. The first-order valence-electron chi connectivity index (χ1n) is 10.2. The van der Waals surface area contributed by atoms with E-state index in [1.807, 2.05) is 4.90 Å². The van der Waals surface area contributed by atoms with Gasteiger partial charge in [0.1, 0.15) is 6.54 Å². The number of urea groups is 1. The number of piperazine rings is 1. The standard InChI is InChI=1S/C21H32N4O2/c1-16(2)18-7-5-17(6-8-18)14-23-10-12-24(13-11-23)20(26)19-4-3-9-25(15-19)21(22)27/h5-8,16,19H,3-4,9-15H2,1-2H3,(H2,22,27)/p+1/t19-/m0/s1. The lowest BCUT2D eigenvalue weighted by atomic mass is 9.96. The summed E-state index contributed by atoms with van der Waals surface area (Å²) in [6.07, 6.45) is 1.72. The van der Waals surface area contributed by atoms with E-state index in [2.05, 4.69) is 38.1 Å². The Hall–Kier alpha value is -2.08. The van der Waals surface area contributed by atoms with E-state index in [-0.39, 0.29) is 11.8 Å². The van der Waals surface area contributed by atoms with Crippen molar-refractivity contribution < 1.29 is 14.5 Å². The molecule has 0 aromatic heterocycles. The van der Waals surface area contributed by atoms with Gasteiger partial charge in [0.25, 0.3) is 0 Å². The average Bonchev–Trinajstić information content (AvgIpc) is 2.68. The van der Waals surface area contributed by atoms with Gasteiger partial charge in [0.2, 0.25) is 5.91 Å². The number of likely N-dealkylation sites (tertiary alicyclic amines) is 1. The Kier molecular flexibility index (Phi) is 6.37. The van der Waals surface area contributed by atoms with Crippen molar-refractivity contribution in [2.75, 3.05) is 39.3 Å². The monoisotopic (exact) mass is 373 g/mol. The molecule has 148 valence electrons. The smallest absolute Gasteiger partial charge is 0.314 e. The maximum atomic E-state index is 12.8. The molecule has 2 aliphatic rings. The Balaban J connectivity index is 1.48. The van der Waals surface area contributed by atoms with Crippen LogP contribution in [0.4, 0.5) is 4.79 Å². The van der Waals surface area contributed by atoms with Crippen LogP contribution >= 0.6 is 0 Å². The van der Waals surface area contributed by atoms with Crippen LogP contribution in [0.2, 0.25) is 0 Å². The Labute approximate surface area is 162 Å². The van der Waals surface area contributed by atoms with Crippen LogP contribution in [0.3, 0.4) is 0 Å². The fourth-order valence-electron chi connectivity index (χ4n) is 4.17. The number of carbonyl (C=O) groups is 2. The third-order valence-electron chi connectivity index (χ3n) is 5.97. The lowest BCUT2D eigenvalue weighted by Crippen LogP contribution is -3.13. The molecule has 0 radical (unpaired) electrons. The summed E-state index contributed by atoms with van der Waals surface area (Å²) in [5, 5.41) is 0. The molecule has 1 atom stereocenters. The summed E-state index contributed by atoms with van der Waals surface area (Å²) in [7, 11) is 0. The number of nitrogens with one attached hydrogen (secondary N) is 1. The Morgan fingerprint density at radius 2 is 1.78 bits per heavy atom. The number of hydrogen-bond acceptors (Lipinski definition) is 2. The minimum atomic E-state index is -0.412. The normalized spacial score (nSPS) is 21.5. The predicted octanol–water partition coefficient (Wildman–Crippen LogP) is 0.828. The molecule has 2 saturated heterocycles. The molecule has 1 aromatic rings. The van der Waals surface area contributed by atoms with Crippen molar-refractivity contribution in [1.82, 2.24) is 9.80 Å². The van der Waals surface area contributed by atoms with E-state index in [1.54, 1.807) is 4.90 Å². The summed E-state index contributed by atoms with van der Waals surface area (Å²) in [6, 6.07) is 8.52. The van der Waals surface area contributed by atoms with Crippen LogP contribution in [0.25, 0.3) is 0 Å². The van der Waals surface area contributed by atoms with E-state index in [4.69, 9.17) is 5.73 Å². The summed E-state index contributed by atoms with van der Waals surface area (Å²) in [5.74, 6) is 0.670. The van der Waals surface area contributed by atoms with Crippen molar-refractivity contribution in [2.45, 2.75) is 39.2 Å². The first-order valence-corrected chi connectivity index (χ1v) is 10.2. The van der Waals surface area contributed by atoms with Gasteiger partial charge in [0, 0.05) is 18.7 Å². The second kappa shape index (κ2) is 8.74. The van der Waals surface area contributed by atoms with Crippen molar-refractivity contribution >= 4 is 11.9 Å². The lowest BCUT2D eigenvalue weighted by molar-refractivity contribution is -0.917. The highest BCUT2D eigenvalue weighted by Gasteiger charge is 2.32. The summed E-state index contributed by atoms with van der Waals surface area (Å²) >= 11 is 0. The maximum absolute atomic E-state index is 12.8. The van der Waals surface area contributed by atoms with E-state index in [0.717, 1.165) is 45.6 Å². The predicted molar refractivity (Wildman–Crippen MR) is 105 cm³/mol. The second-order valence-corrected chi connectivity index (χ2v) is 8.27. The zero-order valence-electron chi connectivity index (χ0n) is 16.6. The van der Waals surface area contributed by atoms with E-state index < -0.39 is 6.03 Å². The molecule has 2 aliphatic heterocycles. The van der Waals surface area contributed by atoms with E-state index in [0.29, 0.717) is 19.0 Å². The van der Waals surface area contributed by atoms with E-state index in [1.165, 1.54) is 16.0 Å². The Morgan fingerprint density at radius 3 is 2.37 bits per heavy atom. The molecule has 0 aliphatic carbocycles. The third kappa shape index (κ3) is 5.01. The Bertz CT molecular complexity index is 651. The first-order chi connectivity index (χ1) is 12.9. The molecule has 6 nitrogen and oxygen atoms in total. The summed E-state index contributed by atoms with van der Waals surface area (Å²) < 4.78 is 0. The summed E-state index contributed by atoms with van der Waals surface area (Å²) in [5.41, 5.74) is 8.12. The number of rotatable bonds is 4. The summed E-state index contributed by atoms with van der Waals surface area (Å²) in [6.45, 7) is 10.1. The Morgan fingerprint density at radius 1 is 1.11 bits per heavy atom. The number of hydrogen-bond donors (Lipinski definition) is 2. The minimum absolute atomic E-state index is 0.0867. The van der Waals surface area contributed by atoms with Gasteiger partial charge in [-0.05, 0) is 24.3 Å². The highest BCUT2D eigenvalue weighted by atomic mass is 16.2. The molecule has 2 heterocycles. The van der Waals surface area contributed by atoms with Crippen LogP contribution in [-0.4, -0.2) is 61.0 Å². The van der Waals surface area contributed by atoms with Gasteiger partial charge < -0.3 is 20.4 Å². The van der Waals surface area contributed by atoms with E-state index in [9.17, 15) is 9.59 Å². The number of amides is 3. The lowest BCUT2D eigenvalue weighted by Gasteiger charge is -2.37. The molecule has 6 heteroatoms. The van der Waals surface area contributed by atoms with Crippen LogP contribution in [-0.2, 0) is 11.3 Å². The quantitative estimate of drug-likeness (QED) is 0.821. The SMILES string of the molecule is CC(C)c1ccc(C[NH+]2CCN(C(=O)[C@H]3CCCN(C(N)=O)C3)CC2)cc1. The van der Waals surface area contributed by atoms with Gasteiger partial charge >= 0.3 is 6.03 Å². The molecule has 0 saturated carbocycles. The molecule has 27 heavy (non-hydrogen) atoms. The molecule has 1 aromatic carbocycles. The number of quaternary nitrogens is 1. The minimum Gasteiger partial charge on any atom is -0.351 e. The van der Waals surface area contributed by atoms with Gasteiger partial charge in [-0.3, -0.25) is 4.79 Å². The first kappa shape index (κ1) is 19.7. The molecule has 0 spiro atoms. The van der Waals surface area contributed by atoms with Gasteiger partial charge in [0.15, 0.2) is 0 Å². The number of carbonyl (C=O) groups excluding carboxylic acids is 2. The fourth-order valence-corrected chi connectivity index (χ4v) is 4.17. The van der Waals surface area contributed by atoms with Crippen molar-refractivity contribution in [2.24, 2.45) is 11.7 Å². The molecule has 3 rings (SSSR count). The van der Waals surface area contributed by atoms with Gasteiger partial charge in [-0.15, -0.1) is 0 Å². The zero-order valence-corrected chi connectivity index (χ0v) is 16.6. The van der Waals surface area contributed by atoms with Crippen LogP contribution < -0.4 is 10.6 Å². The maximum Gasteiger partial charge on any atom is 0.314 e. The van der Waals surface area contributed by atoms with Gasteiger partial charge in [-0.25, -0.2) is 4.79 Å². The molecular weight excluding hydrogens is 340 g/mol. The molecular formula is C21H33N4O2+. The van der Waals surface area contributed by atoms with Crippen molar-refractivity contribution in [3.8, 4) is 0 Å². The van der Waals surface area contributed by atoms with Crippen molar-refractivity contribution in [1.29, 1.82) is 0 Å². The van der Waals surface area contributed by atoms with Crippen LogP contribution in [0.15, 0.2) is 24.3 Å².